The molecule has 1 aliphatic carbocycles. The summed E-state index contributed by atoms with van der Waals surface area (Å²) in [6.07, 6.45) is 2.18. The Kier molecular flexibility index (Phi) is 3.80. The lowest BCUT2D eigenvalue weighted by molar-refractivity contribution is 0.0963. The fourth-order valence-corrected chi connectivity index (χ4v) is 2.74. The molecule has 1 N–H and O–H groups in total. The number of aromatic nitrogens is 3. The van der Waals surface area contributed by atoms with E-state index in [4.69, 9.17) is 4.98 Å². The summed E-state index contributed by atoms with van der Waals surface area (Å²) in [5, 5.41) is 7.25. The highest BCUT2D eigenvalue weighted by Gasteiger charge is 2.29. The quantitative estimate of drug-likeness (QED) is 0.795. The number of amides is 1. The third kappa shape index (κ3) is 3.03. The van der Waals surface area contributed by atoms with Crippen LogP contribution in [0.2, 0.25) is 0 Å². The number of rotatable bonds is 4. The van der Waals surface area contributed by atoms with Crippen molar-refractivity contribution in [3.63, 3.8) is 0 Å². The molecule has 1 amide bonds. The van der Waals surface area contributed by atoms with Gasteiger partial charge < -0.3 is 5.32 Å². The summed E-state index contributed by atoms with van der Waals surface area (Å²) in [7, 11) is 1.60. The van der Waals surface area contributed by atoms with E-state index in [1.807, 2.05) is 12.1 Å². The van der Waals surface area contributed by atoms with Gasteiger partial charge in [0.25, 0.3) is 5.91 Å². The van der Waals surface area contributed by atoms with Crippen molar-refractivity contribution in [2.45, 2.75) is 18.8 Å². The predicted octanol–water partition coefficient (Wildman–Crippen LogP) is 3.31. The Balaban J connectivity index is 1.83. The molecule has 4 rings (SSSR count). The molecule has 3 aromatic rings. The smallest absolute Gasteiger partial charge is 0.251 e. The van der Waals surface area contributed by atoms with Crippen LogP contribution in [0.1, 0.15) is 34.9 Å². The normalized spacial score (nSPS) is 13.7. The van der Waals surface area contributed by atoms with E-state index in [9.17, 15) is 9.18 Å². The van der Waals surface area contributed by atoms with Gasteiger partial charge in [0.05, 0.1) is 5.69 Å². The Bertz CT molecular complexity index is 929. The second-order valence-corrected chi connectivity index (χ2v) is 6.12. The zero-order valence-electron chi connectivity index (χ0n) is 13.7. The van der Waals surface area contributed by atoms with Gasteiger partial charge in [0.15, 0.2) is 11.6 Å². The summed E-state index contributed by atoms with van der Waals surface area (Å²) in [5.74, 6) is 1.39. The van der Waals surface area contributed by atoms with Crippen LogP contribution in [0.3, 0.4) is 0 Å². The summed E-state index contributed by atoms with van der Waals surface area (Å²) < 4.78 is 15.0. The average Bonchev–Trinajstić information content (AvgIpc) is 3.40. The maximum Gasteiger partial charge on any atom is 0.251 e. The molecule has 1 saturated carbocycles. The van der Waals surface area contributed by atoms with Gasteiger partial charge in [-0.25, -0.2) is 14.1 Å². The molecule has 0 radical (unpaired) electrons. The lowest BCUT2D eigenvalue weighted by Gasteiger charge is -2.07. The minimum absolute atomic E-state index is 0.155. The van der Waals surface area contributed by atoms with Crippen LogP contribution >= 0.6 is 0 Å². The molecule has 1 fully saturated rings. The van der Waals surface area contributed by atoms with E-state index in [0.717, 1.165) is 29.9 Å². The first-order chi connectivity index (χ1) is 12.2. The molecule has 2 aromatic carbocycles. The number of carbonyl (C=O) groups is 1. The fourth-order valence-electron chi connectivity index (χ4n) is 2.74. The standard InChI is InChI=1S/C19H17FN4O/c1-21-19(25)14-4-2-3-13(11-14)18-22-17(12-5-6-12)23-24(18)16-9-7-15(20)8-10-16/h2-4,7-12H,5-6H2,1H3,(H,21,25). The molecule has 0 saturated heterocycles. The number of nitrogens with zero attached hydrogens (tertiary/aromatic N) is 3. The first-order valence-corrected chi connectivity index (χ1v) is 8.21. The van der Waals surface area contributed by atoms with Crippen LogP contribution in [0, 0.1) is 5.82 Å². The van der Waals surface area contributed by atoms with E-state index in [0.29, 0.717) is 17.3 Å². The van der Waals surface area contributed by atoms with Crippen LogP contribution in [0.25, 0.3) is 17.1 Å². The highest BCUT2D eigenvalue weighted by Crippen LogP contribution is 2.39. The number of benzene rings is 2. The molecule has 1 aromatic heterocycles. The summed E-state index contributed by atoms with van der Waals surface area (Å²) in [6, 6.07) is 13.4. The van der Waals surface area contributed by atoms with Crippen molar-refractivity contribution >= 4 is 5.91 Å². The van der Waals surface area contributed by atoms with E-state index in [2.05, 4.69) is 10.4 Å². The molecular formula is C19H17FN4O. The summed E-state index contributed by atoms with van der Waals surface area (Å²) in [6.45, 7) is 0. The van der Waals surface area contributed by atoms with E-state index in [1.54, 1.807) is 36.0 Å². The summed E-state index contributed by atoms with van der Waals surface area (Å²) in [4.78, 5) is 16.6. The van der Waals surface area contributed by atoms with Crippen molar-refractivity contribution in [2.24, 2.45) is 0 Å². The predicted molar refractivity (Wildman–Crippen MR) is 92.1 cm³/mol. The van der Waals surface area contributed by atoms with Crippen LogP contribution in [0.5, 0.6) is 0 Å². The van der Waals surface area contributed by atoms with E-state index < -0.39 is 0 Å². The maximum atomic E-state index is 13.3. The molecule has 0 bridgehead atoms. The van der Waals surface area contributed by atoms with Crippen molar-refractivity contribution in [3.05, 3.63) is 65.7 Å². The lowest BCUT2D eigenvalue weighted by Crippen LogP contribution is -2.17. The number of carbonyl (C=O) groups excluding carboxylic acids is 1. The van der Waals surface area contributed by atoms with E-state index >= 15 is 0 Å². The van der Waals surface area contributed by atoms with Gasteiger partial charge in [-0.15, -0.1) is 0 Å². The summed E-state index contributed by atoms with van der Waals surface area (Å²) >= 11 is 0. The van der Waals surface area contributed by atoms with Gasteiger partial charge in [0.1, 0.15) is 5.82 Å². The highest BCUT2D eigenvalue weighted by atomic mass is 19.1. The lowest BCUT2D eigenvalue weighted by atomic mass is 10.1. The number of nitrogens with one attached hydrogen (secondary N) is 1. The average molecular weight is 336 g/mol. The largest absolute Gasteiger partial charge is 0.355 e. The Hall–Kier alpha value is -3.02. The Morgan fingerprint density at radius 2 is 1.96 bits per heavy atom. The zero-order valence-corrected chi connectivity index (χ0v) is 13.7. The van der Waals surface area contributed by atoms with Gasteiger partial charge in [-0.05, 0) is 49.2 Å². The van der Waals surface area contributed by atoms with Crippen LogP contribution in [0.4, 0.5) is 4.39 Å². The number of hydrogen-bond donors (Lipinski definition) is 1. The first-order valence-electron chi connectivity index (χ1n) is 8.21. The molecular weight excluding hydrogens is 319 g/mol. The Morgan fingerprint density at radius 3 is 2.64 bits per heavy atom. The van der Waals surface area contributed by atoms with Crippen molar-refractivity contribution in [2.75, 3.05) is 7.05 Å². The molecule has 6 heteroatoms. The van der Waals surface area contributed by atoms with Gasteiger partial charge in [0, 0.05) is 24.1 Å². The molecule has 1 aliphatic rings. The number of halogens is 1. The molecule has 0 unspecified atom stereocenters. The zero-order chi connectivity index (χ0) is 17.4. The van der Waals surface area contributed by atoms with Crippen LogP contribution < -0.4 is 5.32 Å². The molecule has 126 valence electrons. The molecule has 0 aliphatic heterocycles. The van der Waals surface area contributed by atoms with Crippen LogP contribution in [-0.4, -0.2) is 27.7 Å². The van der Waals surface area contributed by atoms with E-state index in [-0.39, 0.29) is 11.7 Å². The monoisotopic (exact) mass is 336 g/mol. The van der Waals surface area contributed by atoms with Crippen molar-refractivity contribution in [1.29, 1.82) is 0 Å². The second kappa shape index (κ2) is 6.12. The summed E-state index contributed by atoms with van der Waals surface area (Å²) in [5.41, 5.74) is 2.09. The SMILES string of the molecule is CNC(=O)c1cccc(-c2nc(C3CC3)nn2-c2ccc(F)cc2)c1. The van der Waals surface area contributed by atoms with Gasteiger partial charge in [-0.3, -0.25) is 4.79 Å². The third-order valence-corrected chi connectivity index (χ3v) is 4.25. The molecule has 1 heterocycles. The third-order valence-electron chi connectivity index (χ3n) is 4.25. The van der Waals surface area contributed by atoms with Gasteiger partial charge >= 0.3 is 0 Å². The van der Waals surface area contributed by atoms with E-state index in [1.165, 1.54) is 12.1 Å². The van der Waals surface area contributed by atoms with Crippen molar-refractivity contribution in [3.8, 4) is 17.1 Å². The number of hydrogen-bond acceptors (Lipinski definition) is 3. The highest BCUT2D eigenvalue weighted by molar-refractivity contribution is 5.95. The molecule has 0 spiro atoms. The minimum atomic E-state index is -0.297. The van der Waals surface area contributed by atoms with Crippen molar-refractivity contribution in [1.82, 2.24) is 20.1 Å². The van der Waals surface area contributed by atoms with Gasteiger partial charge in [-0.2, -0.15) is 5.10 Å². The first kappa shape index (κ1) is 15.5. The fraction of sp³-hybridized carbons (Fsp3) is 0.211. The van der Waals surface area contributed by atoms with Crippen LogP contribution in [0.15, 0.2) is 48.5 Å². The Labute approximate surface area is 144 Å². The Morgan fingerprint density at radius 1 is 1.20 bits per heavy atom. The van der Waals surface area contributed by atoms with Gasteiger partial charge in [-0.1, -0.05) is 12.1 Å². The van der Waals surface area contributed by atoms with Crippen LogP contribution in [-0.2, 0) is 0 Å². The maximum absolute atomic E-state index is 13.3. The molecule has 0 atom stereocenters. The van der Waals surface area contributed by atoms with Crippen molar-refractivity contribution < 1.29 is 9.18 Å². The topological polar surface area (TPSA) is 59.8 Å². The second-order valence-electron chi connectivity index (χ2n) is 6.12. The molecule has 5 nitrogen and oxygen atoms in total. The molecule has 25 heavy (non-hydrogen) atoms. The van der Waals surface area contributed by atoms with Gasteiger partial charge in [0.2, 0.25) is 0 Å². The minimum Gasteiger partial charge on any atom is -0.355 e.